The molecule has 0 atom stereocenters. The molecule has 3 nitrogen and oxygen atoms in total. The van der Waals surface area contributed by atoms with Gasteiger partial charge in [0.2, 0.25) is 0 Å². The largest absolute Gasteiger partial charge is 0.459 e. The van der Waals surface area contributed by atoms with Crippen molar-refractivity contribution in [3.05, 3.63) is 204 Å². The number of benzene rings is 8. The summed E-state index contributed by atoms with van der Waals surface area (Å²) in [7, 11) is 0. The van der Waals surface area contributed by atoms with E-state index in [-0.39, 0.29) is 0 Å². The zero-order chi connectivity index (χ0) is 35.4. The highest BCUT2D eigenvalue weighted by Gasteiger charge is 2.55. The molecule has 1 spiro atoms. The van der Waals surface area contributed by atoms with Crippen molar-refractivity contribution in [2.24, 2.45) is 0 Å². The van der Waals surface area contributed by atoms with Crippen LogP contribution in [-0.4, -0.2) is 9.97 Å². The first kappa shape index (κ1) is 29.5. The summed E-state index contributed by atoms with van der Waals surface area (Å²) >= 11 is 0. The molecule has 2 aliphatic rings. The number of hydrogen-bond donors (Lipinski definition) is 0. The summed E-state index contributed by atoms with van der Waals surface area (Å²) in [6.07, 6.45) is 0. The van der Waals surface area contributed by atoms with Crippen molar-refractivity contribution in [3.8, 4) is 56.2 Å². The average molecular weight is 687 g/mol. The molecule has 250 valence electrons. The van der Waals surface area contributed by atoms with Crippen LogP contribution in [0.3, 0.4) is 0 Å². The van der Waals surface area contributed by atoms with Crippen LogP contribution in [0.1, 0.15) is 22.5 Å². The zero-order valence-corrected chi connectivity index (χ0v) is 29.1. The maximum atomic E-state index is 7.00. The van der Waals surface area contributed by atoms with Crippen molar-refractivity contribution in [3.63, 3.8) is 0 Å². The molecule has 0 fully saturated rings. The molecule has 12 rings (SSSR count). The van der Waals surface area contributed by atoms with Gasteiger partial charge in [-0.15, -0.1) is 0 Å². The summed E-state index contributed by atoms with van der Waals surface area (Å²) in [5, 5.41) is 5.76. The Morgan fingerprint density at radius 3 is 1.67 bits per heavy atom. The first-order valence-electron chi connectivity index (χ1n) is 18.5. The Kier molecular flexibility index (Phi) is 5.98. The van der Waals surface area contributed by atoms with Crippen molar-refractivity contribution in [1.29, 1.82) is 0 Å². The second-order valence-corrected chi connectivity index (χ2v) is 14.4. The van der Waals surface area contributed by atoms with Crippen molar-refractivity contribution in [1.82, 2.24) is 9.97 Å². The van der Waals surface area contributed by atoms with Crippen LogP contribution in [0, 0.1) is 0 Å². The van der Waals surface area contributed by atoms with E-state index in [2.05, 4.69) is 182 Å². The molecule has 3 heteroatoms. The van der Waals surface area contributed by atoms with Gasteiger partial charge in [-0.1, -0.05) is 164 Å². The fourth-order valence-electron chi connectivity index (χ4n) is 9.43. The van der Waals surface area contributed by atoms with Crippen LogP contribution < -0.4 is 0 Å². The average Bonchev–Trinajstić information content (AvgIpc) is 3.87. The molecule has 0 radical (unpaired) electrons. The van der Waals surface area contributed by atoms with Gasteiger partial charge in [0.15, 0.2) is 5.82 Å². The van der Waals surface area contributed by atoms with Crippen LogP contribution >= 0.6 is 0 Å². The highest BCUT2D eigenvalue weighted by atomic mass is 16.3. The van der Waals surface area contributed by atoms with Crippen LogP contribution in [0.4, 0.5) is 0 Å². The van der Waals surface area contributed by atoms with Crippen LogP contribution in [0.15, 0.2) is 186 Å². The van der Waals surface area contributed by atoms with E-state index in [1.165, 1.54) is 38.8 Å². The fourth-order valence-corrected chi connectivity index (χ4v) is 9.43. The summed E-state index contributed by atoms with van der Waals surface area (Å²) in [6, 6.07) is 65.1. The van der Waals surface area contributed by atoms with Crippen molar-refractivity contribution in [2.75, 3.05) is 0 Å². The monoisotopic (exact) mass is 686 g/mol. The van der Waals surface area contributed by atoms with Crippen LogP contribution in [0.2, 0.25) is 0 Å². The zero-order valence-electron chi connectivity index (χ0n) is 29.1. The van der Waals surface area contributed by atoms with Crippen molar-refractivity contribution in [2.45, 2.75) is 5.41 Å². The molecule has 0 amide bonds. The lowest BCUT2D eigenvalue weighted by molar-refractivity contribution is 0.507. The summed E-state index contributed by atoms with van der Waals surface area (Å²) < 4.78 is 7.00. The molecular formula is C51H30N2O. The maximum absolute atomic E-state index is 7.00. The SMILES string of the molecule is c1ccc2c(c1)-c1ccccc1C21c2ccc(-c3cc(-c4cccc5ccccc45)nc(-c4cccc5ccccc45)n3)cc2-c2c1oc1ccccc21. The van der Waals surface area contributed by atoms with E-state index in [9.17, 15) is 0 Å². The van der Waals surface area contributed by atoms with Gasteiger partial charge in [0.1, 0.15) is 16.8 Å². The Balaban J connectivity index is 1.15. The van der Waals surface area contributed by atoms with E-state index in [0.717, 1.165) is 66.5 Å². The van der Waals surface area contributed by atoms with E-state index in [1.807, 2.05) is 0 Å². The number of rotatable bonds is 3. The number of hydrogen-bond acceptors (Lipinski definition) is 3. The van der Waals surface area contributed by atoms with Crippen LogP contribution in [0.25, 0.3) is 88.7 Å². The third-order valence-corrected chi connectivity index (χ3v) is 11.7. The molecule has 2 aromatic heterocycles. The second kappa shape index (κ2) is 11.0. The first-order valence-corrected chi connectivity index (χ1v) is 18.5. The van der Waals surface area contributed by atoms with Crippen molar-refractivity contribution >= 4 is 32.5 Å². The van der Waals surface area contributed by atoms with E-state index < -0.39 is 5.41 Å². The quantitative estimate of drug-likeness (QED) is 0.186. The van der Waals surface area contributed by atoms with Gasteiger partial charge < -0.3 is 4.42 Å². The van der Waals surface area contributed by atoms with Crippen LogP contribution in [0.5, 0.6) is 0 Å². The van der Waals surface area contributed by atoms with E-state index in [4.69, 9.17) is 14.4 Å². The molecule has 10 aromatic rings. The molecule has 0 unspecified atom stereocenters. The van der Waals surface area contributed by atoms with Gasteiger partial charge in [-0.05, 0) is 73.1 Å². The second-order valence-electron chi connectivity index (χ2n) is 14.4. The normalized spacial score (nSPS) is 13.3. The third-order valence-electron chi connectivity index (χ3n) is 11.7. The number of nitrogens with zero attached hydrogens (tertiary/aromatic N) is 2. The predicted octanol–water partition coefficient (Wildman–Crippen LogP) is 12.9. The molecule has 0 saturated carbocycles. The summed E-state index contributed by atoms with van der Waals surface area (Å²) in [5.74, 6) is 1.70. The van der Waals surface area contributed by atoms with Gasteiger partial charge >= 0.3 is 0 Å². The molecule has 2 aliphatic carbocycles. The molecule has 0 N–H and O–H groups in total. The summed E-state index contributed by atoms with van der Waals surface area (Å²) in [5.41, 5.74) is 13.8. The van der Waals surface area contributed by atoms with E-state index >= 15 is 0 Å². The Morgan fingerprint density at radius 2 is 0.926 bits per heavy atom. The lowest BCUT2D eigenvalue weighted by Gasteiger charge is -2.28. The van der Waals surface area contributed by atoms with Gasteiger partial charge in [0.05, 0.1) is 11.4 Å². The fraction of sp³-hybridized carbons (Fsp3) is 0.0196. The lowest BCUT2D eigenvalue weighted by Crippen LogP contribution is -2.25. The van der Waals surface area contributed by atoms with Gasteiger partial charge in [0.25, 0.3) is 0 Å². The molecule has 2 heterocycles. The first-order chi connectivity index (χ1) is 26.8. The number of fused-ring (bicyclic) bond motifs is 14. The predicted molar refractivity (Wildman–Crippen MR) is 219 cm³/mol. The van der Waals surface area contributed by atoms with Crippen molar-refractivity contribution < 1.29 is 4.42 Å². The molecular weight excluding hydrogens is 657 g/mol. The standard InChI is InChI=1S/C51H30N2O/c1-3-17-34-31(13-1)15-11-22-38(34)46-30-45(52-50(53-46)39-23-12-16-32-14-2-4-18-35(32)39)33-27-28-44-41(29-33)48-40-21-7-10-26-47(40)54-49(48)51(44)42-24-8-5-19-36(42)37-20-6-9-25-43(37)51/h1-30H. The minimum Gasteiger partial charge on any atom is -0.459 e. The van der Waals surface area contributed by atoms with Gasteiger partial charge in [-0.3, -0.25) is 0 Å². The van der Waals surface area contributed by atoms with Gasteiger partial charge in [0, 0.05) is 27.6 Å². The smallest absolute Gasteiger partial charge is 0.161 e. The van der Waals surface area contributed by atoms with Crippen LogP contribution in [-0.2, 0) is 5.41 Å². The highest BCUT2D eigenvalue weighted by Crippen LogP contribution is 2.64. The Labute approximate surface area is 311 Å². The number of aromatic nitrogens is 2. The lowest BCUT2D eigenvalue weighted by atomic mass is 9.73. The minimum atomic E-state index is -0.566. The van der Waals surface area contributed by atoms with Gasteiger partial charge in [-0.2, -0.15) is 0 Å². The number of para-hydroxylation sites is 1. The molecule has 0 bridgehead atoms. The van der Waals surface area contributed by atoms with E-state index in [0.29, 0.717) is 5.82 Å². The third kappa shape index (κ3) is 3.90. The molecule has 54 heavy (non-hydrogen) atoms. The minimum absolute atomic E-state index is 0.566. The maximum Gasteiger partial charge on any atom is 0.161 e. The summed E-state index contributed by atoms with van der Waals surface area (Å²) in [6.45, 7) is 0. The number of furan rings is 1. The molecule has 0 saturated heterocycles. The Bertz CT molecular complexity index is 3030. The van der Waals surface area contributed by atoms with Gasteiger partial charge in [-0.25, -0.2) is 9.97 Å². The van der Waals surface area contributed by atoms with E-state index in [1.54, 1.807) is 0 Å². The highest BCUT2D eigenvalue weighted by molar-refractivity contribution is 6.05. The Morgan fingerprint density at radius 1 is 0.389 bits per heavy atom. The molecule has 8 aromatic carbocycles. The summed E-state index contributed by atoms with van der Waals surface area (Å²) in [4.78, 5) is 10.7. The molecule has 0 aliphatic heterocycles. The Hall–Kier alpha value is -7.10. The topological polar surface area (TPSA) is 38.9 Å².